The zero-order valence-corrected chi connectivity index (χ0v) is 15.5. The maximum atomic E-state index is 12.0. The molecule has 0 saturated heterocycles. The van der Waals surface area contributed by atoms with Crippen molar-refractivity contribution >= 4 is 17.8 Å². The average Bonchev–Trinajstić information content (AvgIpc) is 2.97. The van der Waals surface area contributed by atoms with Crippen molar-refractivity contribution in [1.82, 2.24) is 15.1 Å². The molecule has 2 rings (SSSR count). The molecular formula is C19H26N4O3. The number of benzene rings is 1. The van der Waals surface area contributed by atoms with Gasteiger partial charge < -0.3 is 15.4 Å². The third kappa shape index (κ3) is 6.58. The van der Waals surface area contributed by atoms with E-state index in [1.165, 1.54) is 0 Å². The Morgan fingerprint density at radius 3 is 2.65 bits per heavy atom. The Labute approximate surface area is 153 Å². The number of ether oxygens (including phenoxy) is 1. The highest BCUT2D eigenvalue weighted by atomic mass is 16.5. The van der Waals surface area contributed by atoms with Gasteiger partial charge in [0.05, 0.1) is 5.69 Å². The third-order valence-electron chi connectivity index (χ3n) is 3.78. The van der Waals surface area contributed by atoms with Crippen molar-refractivity contribution in [3.05, 3.63) is 47.7 Å². The number of hydrogen-bond donors (Lipinski definition) is 2. The fourth-order valence-corrected chi connectivity index (χ4v) is 2.32. The molecule has 1 aromatic heterocycles. The lowest BCUT2D eigenvalue weighted by atomic mass is 10.1. The van der Waals surface area contributed by atoms with E-state index in [-0.39, 0.29) is 19.1 Å². The maximum Gasteiger partial charge on any atom is 0.407 e. The molecule has 0 fully saturated rings. The fraction of sp³-hybridized carbons (Fsp3) is 0.421. The number of hydrogen-bond acceptors (Lipinski definition) is 4. The van der Waals surface area contributed by atoms with Gasteiger partial charge in [-0.3, -0.25) is 9.48 Å². The summed E-state index contributed by atoms with van der Waals surface area (Å²) in [7, 11) is 1.77. The number of amides is 2. The molecule has 0 unspecified atom stereocenters. The van der Waals surface area contributed by atoms with Crippen LogP contribution in [0.3, 0.4) is 0 Å². The van der Waals surface area contributed by atoms with Crippen LogP contribution in [0.4, 0.5) is 10.6 Å². The predicted octanol–water partition coefficient (Wildman–Crippen LogP) is 2.87. The predicted molar refractivity (Wildman–Crippen MR) is 99.6 cm³/mol. The minimum Gasteiger partial charge on any atom is -0.445 e. The molecule has 1 heterocycles. The van der Waals surface area contributed by atoms with Crippen molar-refractivity contribution in [2.75, 3.05) is 11.9 Å². The van der Waals surface area contributed by atoms with Crippen molar-refractivity contribution in [3.8, 4) is 0 Å². The Bertz CT molecular complexity index is 726. The van der Waals surface area contributed by atoms with E-state index in [0.717, 1.165) is 24.1 Å². The molecule has 7 heteroatoms. The van der Waals surface area contributed by atoms with E-state index in [0.29, 0.717) is 11.7 Å². The Balaban J connectivity index is 1.73. The smallest absolute Gasteiger partial charge is 0.407 e. The SMILES string of the molecule is CC(C)CCc1cc(NC(=O)CNC(=O)OCc2ccccc2)n(C)n1. The molecule has 0 saturated carbocycles. The number of nitrogens with zero attached hydrogens (tertiary/aromatic N) is 2. The number of carbonyl (C=O) groups is 2. The number of aromatic nitrogens is 2. The lowest BCUT2D eigenvalue weighted by Crippen LogP contribution is -2.33. The fourth-order valence-electron chi connectivity index (χ4n) is 2.32. The van der Waals surface area contributed by atoms with Crippen LogP contribution < -0.4 is 10.6 Å². The number of alkyl carbamates (subject to hydrolysis) is 1. The van der Waals surface area contributed by atoms with Crippen LogP contribution in [-0.4, -0.2) is 28.3 Å². The van der Waals surface area contributed by atoms with E-state index in [1.807, 2.05) is 36.4 Å². The van der Waals surface area contributed by atoms with Gasteiger partial charge in [-0.2, -0.15) is 5.10 Å². The monoisotopic (exact) mass is 358 g/mol. The molecule has 2 amide bonds. The van der Waals surface area contributed by atoms with Crippen molar-refractivity contribution < 1.29 is 14.3 Å². The summed E-state index contributed by atoms with van der Waals surface area (Å²) in [5.74, 6) is 0.870. The number of nitrogens with one attached hydrogen (secondary N) is 2. The third-order valence-corrected chi connectivity index (χ3v) is 3.78. The highest BCUT2D eigenvalue weighted by molar-refractivity contribution is 5.93. The van der Waals surface area contributed by atoms with Crippen molar-refractivity contribution in [3.63, 3.8) is 0 Å². The normalized spacial score (nSPS) is 10.6. The molecule has 7 nitrogen and oxygen atoms in total. The number of anilines is 1. The van der Waals surface area contributed by atoms with E-state index in [4.69, 9.17) is 4.74 Å². The van der Waals surface area contributed by atoms with Gasteiger partial charge in [-0.05, 0) is 24.3 Å². The lowest BCUT2D eigenvalue weighted by Gasteiger charge is -2.08. The van der Waals surface area contributed by atoms with Crippen molar-refractivity contribution in [2.24, 2.45) is 13.0 Å². The summed E-state index contributed by atoms with van der Waals surface area (Å²) in [6.07, 6.45) is 1.27. The first-order chi connectivity index (χ1) is 12.4. The van der Waals surface area contributed by atoms with Crippen LogP contribution in [0.25, 0.3) is 0 Å². The van der Waals surface area contributed by atoms with Gasteiger partial charge in [0.25, 0.3) is 0 Å². The van der Waals surface area contributed by atoms with E-state index >= 15 is 0 Å². The Hall–Kier alpha value is -2.83. The van der Waals surface area contributed by atoms with E-state index in [2.05, 4.69) is 29.6 Å². The highest BCUT2D eigenvalue weighted by Gasteiger charge is 2.11. The summed E-state index contributed by atoms with van der Waals surface area (Å²) in [6.45, 7) is 4.32. The minimum atomic E-state index is -0.633. The standard InChI is InChI=1S/C19H26N4O3/c1-14(2)9-10-16-11-17(23(3)22-16)21-18(24)12-20-19(25)26-13-15-7-5-4-6-8-15/h4-8,11,14H,9-10,12-13H2,1-3H3,(H,20,25)(H,21,24). The quantitative estimate of drug-likeness (QED) is 0.760. The van der Waals surface area contributed by atoms with Crippen molar-refractivity contribution in [2.45, 2.75) is 33.3 Å². The lowest BCUT2D eigenvalue weighted by molar-refractivity contribution is -0.115. The second kappa shape index (κ2) is 9.60. The molecule has 26 heavy (non-hydrogen) atoms. The van der Waals surface area contributed by atoms with Gasteiger partial charge in [-0.25, -0.2) is 4.79 Å². The minimum absolute atomic E-state index is 0.162. The average molecular weight is 358 g/mol. The van der Waals surface area contributed by atoms with Crippen LogP contribution in [0.1, 0.15) is 31.5 Å². The highest BCUT2D eigenvalue weighted by Crippen LogP contribution is 2.13. The topological polar surface area (TPSA) is 85.3 Å². The van der Waals surface area contributed by atoms with Crippen LogP contribution >= 0.6 is 0 Å². The molecule has 1 aromatic carbocycles. The molecule has 0 bridgehead atoms. The molecule has 0 aliphatic rings. The Morgan fingerprint density at radius 2 is 1.96 bits per heavy atom. The second-order valence-electron chi connectivity index (χ2n) is 6.54. The van der Waals surface area contributed by atoms with E-state index in [9.17, 15) is 9.59 Å². The molecule has 0 radical (unpaired) electrons. The van der Waals surface area contributed by atoms with Gasteiger partial charge in [0.1, 0.15) is 19.0 Å². The molecule has 0 spiro atoms. The molecular weight excluding hydrogens is 332 g/mol. The first-order valence-electron chi connectivity index (χ1n) is 8.71. The zero-order valence-electron chi connectivity index (χ0n) is 15.5. The summed E-state index contributed by atoms with van der Waals surface area (Å²) >= 11 is 0. The maximum absolute atomic E-state index is 12.0. The molecule has 0 aliphatic heterocycles. The summed E-state index contributed by atoms with van der Waals surface area (Å²) in [6, 6.07) is 11.2. The second-order valence-corrected chi connectivity index (χ2v) is 6.54. The first kappa shape index (κ1) is 19.5. The van der Waals surface area contributed by atoms with Crippen LogP contribution in [0.2, 0.25) is 0 Å². The van der Waals surface area contributed by atoms with Crippen LogP contribution in [0.5, 0.6) is 0 Å². The molecule has 2 N–H and O–H groups in total. The van der Waals surface area contributed by atoms with Gasteiger partial charge in [0.15, 0.2) is 0 Å². The molecule has 0 atom stereocenters. The molecule has 2 aromatic rings. The number of rotatable bonds is 8. The number of carbonyl (C=O) groups excluding carboxylic acids is 2. The van der Waals surface area contributed by atoms with E-state index < -0.39 is 6.09 Å². The molecule has 0 aliphatic carbocycles. The van der Waals surface area contributed by atoms with E-state index in [1.54, 1.807) is 11.7 Å². The summed E-state index contributed by atoms with van der Waals surface area (Å²) in [4.78, 5) is 23.7. The Morgan fingerprint density at radius 1 is 1.23 bits per heavy atom. The summed E-state index contributed by atoms with van der Waals surface area (Å²) < 4.78 is 6.69. The van der Waals surface area contributed by atoms with Gasteiger partial charge in [0.2, 0.25) is 5.91 Å². The van der Waals surface area contributed by atoms with Crippen molar-refractivity contribution in [1.29, 1.82) is 0 Å². The van der Waals surface area contributed by atoms with Gasteiger partial charge >= 0.3 is 6.09 Å². The van der Waals surface area contributed by atoms with Gasteiger partial charge in [-0.1, -0.05) is 44.2 Å². The van der Waals surface area contributed by atoms with Gasteiger partial charge in [-0.15, -0.1) is 0 Å². The summed E-state index contributed by atoms with van der Waals surface area (Å²) in [5.41, 5.74) is 1.82. The first-order valence-corrected chi connectivity index (χ1v) is 8.71. The number of aryl methyl sites for hydroxylation is 2. The van der Waals surface area contributed by atoms with Crippen LogP contribution in [0.15, 0.2) is 36.4 Å². The largest absolute Gasteiger partial charge is 0.445 e. The summed E-state index contributed by atoms with van der Waals surface area (Å²) in [5, 5.41) is 9.56. The van der Waals surface area contributed by atoms with Crippen LogP contribution in [-0.2, 0) is 29.6 Å². The Kier molecular flexibility index (Phi) is 7.20. The zero-order chi connectivity index (χ0) is 18.9. The molecule has 140 valence electrons. The van der Waals surface area contributed by atoms with Crippen LogP contribution in [0, 0.1) is 5.92 Å². The van der Waals surface area contributed by atoms with Gasteiger partial charge in [0, 0.05) is 13.1 Å².